The van der Waals surface area contributed by atoms with E-state index in [1.54, 1.807) is 0 Å². The van der Waals surface area contributed by atoms with Crippen LogP contribution in [0, 0.1) is 3.57 Å². The van der Waals surface area contributed by atoms with Crippen LogP contribution in [-0.4, -0.2) is 44.0 Å². The highest BCUT2D eigenvalue weighted by Crippen LogP contribution is 2.25. The number of halogens is 1. The minimum atomic E-state index is 0.438. The van der Waals surface area contributed by atoms with Crippen molar-refractivity contribution in [3.63, 3.8) is 0 Å². The Morgan fingerprint density at radius 2 is 1.96 bits per heavy atom. The van der Waals surface area contributed by atoms with E-state index in [2.05, 4.69) is 86.5 Å². The summed E-state index contributed by atoms with van der Waals surface area (Å²) in [7, 11) is 1.82. The van der Waals surface area contributed by atoms with Crippen molar-refractivity contribution < 1.29 is 4.74 Å². The van der Waals surface area contributed by atoms with Gasteiger partial charge in [0, 0.05) is 48.4 Å². The van der Waals surface area contributed by atoms with Gasteiger partial charge in [-0.2, -0.15) is 0 Å². The normalized spacial score (nSPS) is 19.0. The molecule has 0 radical (unpaired) electrons. The molecule has 2 aliphatic rings. The van der Waals surface area contributed by atoms with E-state index < -0.39 is 0 Å². The van der Waals surface area contributed by atoms with Crippen molar-refractivity contribution in [3.05, 3.63) is 68.9 Å². The Balaban J connectivity index is 1.37. The number of hydrogen-bond acceptors (Lipinski definition) is 4. The van der Waals surface area contributed by atoms with Crippen LogP contribution >= 0.6 is 22.6 Å². The molecule has 0 spiro atoms. The minimum absolute atomic E-state index is 0.438. The average Bonchev–Trinajstić information content (AvgIpc) is 2.74. The zero-order chi connectivity index (χ0) is 19.3. The van der Waals surface area contributed by atoms with Gasteiger partial charge in [0.2, 0.25) is 0 Å². The zero-order valence-corrected chi connectivity index (χ0v) is 18.4. The summed E-state index contributed by atoms with van der Waals surface area (Å²) in [6.07, 6.45) is 6.76. The van der Waals surface area contributed by atoms with E-state index >= 15 is 0 Å². The number of benzene rings is 2. The maximum atomic E-state index is 5.46. The third-order valence-electron chi connectivity index (χ3n) is 5.49. The molecule has 0 aromatic heterocycles. The molecule has 4 nitrogen and oxygen atoms in total. The Labute approximate surface area is 180 Å². The molecule has 0 amide bonds. The topological polar surface area (TPSA) is 36.9 Å². The fourth-order valence-electron chi connectivity index (χ4n) is 3.81. The Kier molecular flexibility index (Phi) is 6.44. The fourth-order valence-corrected chi connectivity index (χ4v) is 4.30. The molecule has 146 valence electrons. The number of nitrogens with zero attached hydrogens (tertiary/aromatic N) is 2. The van der Waals surface area contributed by atoms with Gasteiger partial charge in [0.05, 0.1) is 12.6 Å². The van der Waals surface area contributed by atoms with Gasteiger partial charge in [-0.3, -0.25) is 9.89 Å². The first-order valence-corrected chi connectivity index (χ1v) is 10.9. The van der Waals surface area contributed by atoms with Crippen LogP contribution in [0.25, 0.3) is 5.57 Å². The highest BCUT2D eigenvalue weighted by molar-refractivity contribution is 14.1. The van der Waals surface area contributed by atoms with Gasteiger partial charge < -0.3 is 10.1 Å². The maximum Gasteiger partial charge on any atom is 0.0660 e. The van der Waals surface area contributed by atoms with Crippen LogP contribution in [0.4, 0.5) is 5.69 Å². The van der Waals surface area contributed by atoms with Gasteiger partial charge in [0.25, 0.3) is 0 Å². The molecule has 2 aromatic rings. The lowest BCUT2D eigenvalue weighted by molar-refractivity contribution is 0.0389. The van der Waals surface area contributed by atoms with Crippen molar-refractivity contribution in [2.24, 2.45) is 4.99 Å². The van der Waals surface area contributed by atoms with Crippen LogP contribution in [0.3, 0.4) is 0 Å². The molecule has 1 N–H and O–H groups in total. The third kappa shape index (κ3) is 4.82. The molecule has 1 saturated heterocycles. The van der Waals surface area contributed by atoms with Crippen molar-refractivity contribution in [2.75, 3.05) is 32.1 Å². The smallest absolute Gasteiger partial charge is 0.0660 e. The van der Waals surface area contributed by atoms with Crippen molar-refractivity contribution in [1.82, 2.24) is 4.90 Å². The van der Waals surface area contributed by atoms with E-state index in [9.17, 15) is 0 Å². The number of hydrogen-bond donors (Lipinski definition) is 1. The first kappa shape index (κ1) is 19.6. The number of likely N-dealkylation sites (tertiary alicyclic amines) is 1. The van der Waals surface area contributed by atoms with Crippen molar-refractivity contribution in [2.45, 2.75) is 25.5 Å². The molecular weight excluding hydrogens is 461 g/mol. The van der Waals surface area contributed by atoms with E-state index in [0.29, 0.717) is 6.10 Å². The van der Waals surface area contributed by atoms with Gasteiger partial charge in [0.1, 0.15) is 0 Å². The van der Waals surface area contributed by atoms with Crippen LogP contribution < -0.4 is 5.32 Å². The molecule has 0 aliphatic carbocycles. The van der Waals surface area contributed by atoms with E-state index in [-0.39, 0.29) is 0 Å². The third-order valence-corrected chi connectivity index (χ3v) is 6.17. The molecule has 5 heteroatoms. The maximum absolute atomic E-state index is 5.46. The van der Waals surface area contributed by atoms with E-state index in [1.807, 2.05) is 13.3 Å². The van der Waals surface area contributed by atoms with Crippen molar-refractivity contribution in [1.29, 1.82) is 0 Å². The molecule has 4 rings (SSSR count). The summed E-state index contributed by atoms with van der Waals surface area (Å²) in [4.78, 5) is 6.99. The van der Waals surface area contributed by atoms with E-state index in [4.69, 9.17) is 4.74 Å². The number of anilines is 1. The number of piperidine rings is 1. The van der Waals surface area contributed by atoms with Crippen LogP contribution in [0.5, 0.6) is 0 Å². The molecule has 0 atom stereocenters. The quantitative estimate of drug-likeness (QED) is 0.617. The Hall–Kier alpha value is -1.70. The number of fused-ring (bicyclic) bond motifs is 1. The van der Waals surface area contributed by atoms with Gasteiger partial charge in [0.15, 0.2) is 0 Å². The molecule has 28 heavy (non-hydrogen) atoms. The van der Waals surface area contributed by atoms with Crippen molar-refractivity contribution >= 4 is 40.1 Å². The largest absolute Gasteiger partial charge is 0.381 e. The highest BCUT2D eigenvalue weighted by Gasteiger charge is 2.18. The van der Waals surface area contributed by atoms with Gasteiger partial charge >= 0.3 is 0 Å². The van der Waals surface area contributed by atoms with Crippen LogP contribution in [0.15, 0.2) is 53.7 Å². The summed E-state index contributed by atoms with van der Waals surface area (Å²) in [6, 6.07) is 15.3. The molecule has 2 heterocycles. The Morgan fingerprint density at radius 3 is 2.71 bits per heavy atom. The number of methoxy groups -OCH3 is 1. The molecule has 2 aliphatic heterocycles. The SMILES string of the molecule is COC1CCN(Cc2ccc(N/C=C3\CN=Cc4ccc(I)cc43)cc2)CC1. The molecule has 0 bridgehead atoms. The second kappa shape index (κ2) is 9.20. The van der Waals surface area contributed by atoms with Gasteiger partial charge in [-0.05, 0) is 82.0 Å². The first-order chi connectivity index (χ1) is 13.7. The lowest BCUT2D eigenvalue weighted by Gasteiger charge is -2.31. The number of ether oxygens (including phenoxy) is 1. The summed E-state index contributed by atoms with van der Waals surface area (Å²) in [5.74, 6) is 0. The van der Waals surface area contributed by atoms with Gasteiger partial charge in [-0.1, -0.05) is 18.2 Å². The van der Waals surface area contributed by atoms with Crippen LogP contribution in [0.2, 0.25) is 0 Å². The summed E-state index contributed by atoms with van der Waals surface area (Å²) >= 11 is 2.36. The molecule has 1 fully saturated rings. The summed E-state index contributed by atoms with van der Waals surface area (Å²) in [5, 5.41) is 3.45. The highest BCUT2D eigenvalue weighted by atomic mass is 127. The average molecular weight is 487 g/mol. The Morgan fingerprint density at radius 1 is 1.18 bits per heavy atom. The monoisotopic (exact) mass is 487 g/mol. The van der Waals surface area contributed by atoms with E-state index in [1.165, 1.54) is 25.8 Å². The molecule has 0 saturated carbocycles. The zero-order valence-electron chi connectivity index (χ0n) is 16.2. The molecule has 0 unspecified atom stereocenters. The Bertz CT molecular complexity index is 868. The second-order valence-electron chi connectivity index (χ2n) is 7.42. The molecule has 2 aromatic carbocycles. The lowest BCUT2D eigenvalue weighted by Crippen LogP contribution is -2.36. The van der Waals surface area contributed by atoms with Gasteiger partial charge in [-0.25, -0.2) is 0 Å². The number of rotatable bonds is 5. The summed E-state index contributed by atoms with van der Waals surface area (Å²) < 4.78 is 6.71. The minimum Gasteiger partial charge on any atom is -0.381 e. The predicted octanol–water partition coefficient (Wildman–Crippen LogP) is 4.79. The first-order valence-electron chi connectivity index (χ1n) is 9.81. The lowest BCUT2D eigenvalue weighted by atomic mass is 9.99. The fraction of sp³-hybridized carbons (Fsp3) is 0.348. The second-order valence-corrected chi connectivity index (χ2v) is 8.67. The summed E-state index contributed by atoms with van der Waals surface area (Å²) in [5.41, 5.74) is 6.14. The van der Waals surface area contributed by atoms with Gasteiger partial charge in [-0.15, -0.1) is 0 Å². The van der Waals surface area contributed by atoms with E-state index in [0.717, 1.165) is 44.7 Å². The van der Waals surface area contributed by atoms with Crippen molar-refractivity contribution in [3.8, 4) is 0 Å². The van der Waals surface area contributed by atoms with Crippen LogP contribution in [-0.2, 0) is 11.3 Å². The summed E-state index contributed by atoms with van der Waals surface area (Å²) in [6.45, 7) is 3.96. The predicted molar refractivity (Wildman–Crippen MR) is 125 cm³/mol. The number of nitrogens with one attached hydrogen (secondary N) is 1. The number of aliphatic imine (C=N–C) groups is 1. The molecular formula is C23H26IN3O. The standard InChI is InChI=1S/C23H26IN3O/c1-28-22-8-10-27(11-9-22)16-17-2-6-21(7-3-17)26-15-19-14-25-13-18-4-5-20(24)12-23(18)19/h2-7,12-13,15,22,26H,8-11,14,16H2,1H3/b19-15+. The van der Waals surface area contributed by atoms with Crippen LogP contribution in [0.1, 0.15) is 29.5 Å².